The van der Waals surface area contributed by atoms with Crippen molar-refractivity contribution in [2.24, 2.45) is 11.8 Å². The van der Waals surface area contributed by atoms with Crippen LogP contribution in [-0.4, -0.2) is 23.9 Å². The Morgan fingerprint density at radius 1 is 1.21 bits per heavy atom. The van der Waals surface area contributed by atoms with E-state index in [1.807, 2.05) is 6.07 Å². The molecule has 4 nitrogen and oxygen atoms in total. The number of rotatable bonds is 3. The Hall–Kier alpha value is -1.84. The van der Waals surface area contributed by atoms with Crippen LogP contribution >= 0.6 is 0 Å². The fourth-order valence-electron chi connectivity index (χ4n) is 2.71. The van der Waals surface area contributed by atoms with Crippen molar-refractivity contribution in [3.8, 4) is 5.75 Å². The molecule has 0 atom stereocenters. The second-order valence-electron chi connectivity index (χ2n) is 5.00. The highest BCUT2D eigenvalue weighted by Gasteiger charge is 2.29. The van der Waals surface area contributed by atoms with Crippen molar-refractivity contribution in [2.45, 2.75) is 25.7 Å². The van der Waals surface area contributed by atoms with Crippen LogP contribution in [0.25, 0.3) is 0 Å². The molecule has 1 aliphatic rings. The van der Waals surface area contributed by atoms with Crippen LogP contribution in [0.1, 0.15) is 31.2 Å². The zero-order valence-corrected chi connectivity index (χ0v) is 11.1. The van der Waals surface area contributed by atoms with Crippen molar-refractivity contribution in [1.29, 1.82) is 5.41 Å². The lowest BCUT2D eigenvalue weighted by Crippen LogP contribution is -2.26. The van der Waals surface area contributed by atoms with E-state index in [2.05, 4.69) is 0 Å². The van der Waals surface area contributed by atoms with Gasteiger partial charge in [-0.3, -0.25) is 4.79 Å². The fraction of sp³-hybridized carbons (Fsp3) is 0.467. The van der Waals surface area contributed by atoms with Gasteiger partial charge in [0, 0.05) is 17.2 Å². The summed E-state index contributed by atoms with van der Waals surface area (Å²) in [5.74, 6) is 0.0998. The van der Waals surface area contributed by atoms with Crippen molar-refractivity contribution in [1.82, 2.24) is 0 Å². The first-order valence-electron chi connectivity index (χ1n) is 6.58. The van der Waals surface area contributed by atoms with Crippen LogP contribution < -0.4 is 0 Å². The van der Waals surface area contributed by atoms with E-state index < -0.39 is 0 Å². The van der Waals surface area contributed by atoms with Crippen molar-refractivity contribution in [2.75, 3.05) is 7.11 Å². The van der Waals surface area contributed by atoms with E-state index in [4.69, 9.17) is 10.1 Å². The number of para-hydroxylation sites is 1. The molecule has 1 saturated carbocycles. The third-order valence-electron chi connectivity index (χ3n) is 3.86. The van der Waals surface area contributed by atoms with Gasteiger partial charge in [-0.1, -0.05) is 12.1 Å². The molecule has 0 saturated heterocycles. The average molecular weight is 261 g/mol. The number of methoxy groups -OCH3 is 1. The molecule has 0 amide bonds. The molecule has 2 N–H and O–H groups in total. The van der Waals surface area contributed by atoms with Gasteiger partial charge in [0.25, 0.3) is 0 Å². The normalized spacial score (nSPS) is 22.8. The van der Waals surface area contributed by atoms with Gasteiger partial charge in [0.1, 0.15) is 5.75 Å². The van der Waals surface area contributed by atoms with Gasteiger partial charge in [0.15, 0.2) is 0 Å². The first-order valence-corrected chi connectivity index (χ1v) is 6.58. The molecule has 0 aliphatic heterocycles. The van der Waals surface area contributed by atoms with Crippen LogP contribution in [0, 0.1) is 17.2 Å². The standard InChI is InChI=1S/C15H19NO3/c1-19-15(18)11-8-6-10(7-9-11)14(16)12-4-2-3-5-13(12)17/h2-5,10-11,16-17H,6-9H2,1H3/t10-,11-. The van der Waals surface area contributed by atoms with Crippen molar-refractivity contribution < 1.29 is 14.6 Å². The van der Waals surface area contributed by atoms with Crippen LogP contribution in [0.4, 0.5) is 0 Å². The quantitative estimate of drug-likeness (QED) is 0.649. The van der Waals surface area contributed by atoms with E-state index >= 15 is 0 Å². The average Bonchev–Trinajstić information content (AvgIpc) is 2.46. The van der Waals surface area contributed by atoms with E-state index in [0.29, 0.717) is 11.3 Å². The summed E-state index contributed by atoms with van der Waals surface area (Å²) in [5, 5.41) is 18.0. The van der Waals surface area contributed by atoms with Gasteiger partial charge in [0.2, 0.25) is 0 Å². The second kappa shape index (κ2) is 5.87. The van der Waals surface area contributed by atoms with Gasteiger partial charge in [0.05, 0.1) is 13.0 Å². The molecule has 0 unspecified atom stereocenters. The van der Waals surface area contributed by atoms with Gasteiger partial charge in [-0.25, -0.2) is 0 Å². The van der Waals surface area contributed by atoms with Crippen LogP contribution in [0.3, 0.4) is 0 Å². The minimum atomic E-state index is -0.146. The second-order valence-corrected chi connectivity index (χ2v) is 5.00. The van der Waals surface area contributed by atoms with Gasteiger partial charge in [-0.2, -0.15) is 0 Å². The molecule has 0 aromatic heterocycles. The minimum Gasteiger partial charge on any atom is -0.507 e. The summed E-state index contributed by atoms with van der Waals surface area (Å²) < 4.78 is 4.76. The number of nitrogens with one attached hydrogen (secondary N) is 1. The van der Waals surface area contributed by atoms with E-state index in [-0.39, 0.29) is 23.6 Å². The molecule has 19 heavy (non-hydrogen) atoms. The largest absolute Gasteiger partial charge is 0.507 e. The number of carbonyl (C=O) groups is 1. The summed E-state index contributed by atoms with van der Waals surface area (Å²) in [5.41, 5.74) is 1.07. The molecule has 1 aromatic carbocycles. The van der Waals surface area contributed by atoms with Gasteiger partial charge >= 0.3 is 5.97 Å². The molecular formula is C15H19NO3. The lowest BCUT2D eigenvalue weighted by molar-refractivity contribution is -0.146. The van der Waals surface area contributed by atoms with Crippen LogP contribution in [0.2, 0.25) is 0 Å². The molecule has 0 bridgehead atoms. The van der Waals surface area contributed by atoms with Crippen molar-refractivity contribution >= 4 is 11.7 Å². The molecule has 1 fully saturated rings. The van der Waals surface area contributed by atoms with Crippen molar-refractivity contribution in [3.05, 3.63) is 29.8 Å². The smallest absolute Gasteiger partial charge is 0.308 e. The first-order chi connectivity index (χ1) is 9.13. The maximum absolute atomic E-state index is 11.5. The van der Waals surface area contributed by atoms with Crippen LogP contribution in [0.5, 0.6) is 5.75 Å². The Bertz CT molecular complexity index is 476. The predicted octanol–water partition coefficient (Wildman–Crippen LogP) is 2.74. The Morgan fingerprint density at radius 3 is 2.37 bits per heavy atom. The molecule has 1 aromatic rings. The third-order valence-corrected chi connectivity index (χ3v) is 3.86. The van der Waals surface area contributed by atoms with Crippen LogP contribution in [0.15, 0.2) is 24.3 Å². The number of hydrogen-bond donors (Lipinski definition) is 2. The number of phenolic OH excluding ortho intramolecular Hbond substituents is 1. The highest BCUT2D eigenvalue weighted by Crippen LogP contribution is 2.33. The highest BCUT2D eigenvalue weighted by atomic mass is 16.5. The SMILES string of the molecule is COC(=O)[C@H]1CC[C@H](C(=N)c2ccccc2O)CC1. The highest BCUT2D eigenvalue weighted by molar-refractivity contribution is 6.02. The maximum Gasteiger partial charge on any atom is 0.308 e. The predicted molar refractivity (Wildman–Crippen MR) is 72.4 cm³/mol. The number of hydrogen-bond acceptors (Lipinski definition) is 4. The monoisotopic (exact) mass is 261 g/mol. The van der Waals surface area contributed by atoms with Crippen LogP contribution in [-0.2, 0) is 9.53 Å². The lowest BCUT2D eigenvalue weighted by atomic mass is 9.78. The van der Waals surface area contributed by atoms with Gasteiger partial charge in [-0.05, 0) is 37.8 Å². The first kappa shape index (κ1) is 13.6. The number of aromatic hydroxyl groups is 1. The summed E-state index contributed by atoms with van der Waals surface area (Å²) in [6, 6.07) is 6.94. The summed E-state index contributed by atoms with van der Waals surface area (Å²) >= 11 is 0. The topological polar surface area (TPSA) is 70.4 Å². The molecule has 2 rings (SSSR count). The summed E-state index contributed by atoms with van der Waals surface area (Å²) in [4.78, 5) is 11.5. The van der Waals surface area contributed by atoms with Crippen molar-refractivity contribution in [3.63, 3.8) is 0 Å². The van der Waals surface area contributed by atoms with Gasteiger partial charge in [-0.15, -0.1) is 0 Å². The number of phenols is 1. The zero-order chi connectivity index (χ0) is 13.8. The zero-order valence-electron chi connectivity index (χ0n) is 11.1. The Balaban J connectivity index is 2.00. The van der Waals surface area contributed by atoms with E-state index in [1.54, 1.807) is 18.2 Å². The molecule has 4 heteroatoms. The summed E-state index contributed by atoms with van der Waals surface area (Å²) in [6.07, 6.45) is 3.11. The number of benzene rings is 1. The molecule has 0 spiro atoms. The van der Waals surface area contributed by atoms with E-state index in [0.717, 1.165) is 25.7 Å². The molecule has 1 aliphatic carbocycles. The summed E-state index contributed by atoms with van der Waals surface area (Å²) in [7, 11) is 1.42. The number of carbonyl (C=O) groups excluding carboxylic acids is 1. The molecule has 102 valence electrons. The fourth-order valence-corrected chi connectivity index (χ4v) is 2.71. The number of esters is 1. The lowest BCUT2D eigenvalue weighted by Gasteiger charge is -2.27. The van der Waals surface area contributed by atoms with Gasteiger partial charge < -0.3 is 15.3 Å². The Morgan fingerprint density at radius 2 is 1.79 bits per heavy atom. The minimum absolute atomic E-state index is 0.0292. The third kappa shape index (κ3) is 2.95. The molecule has 0 heterocycles. The molecule has 0 radical (unpaired) electrons. The Kier molecular flexibility index (Phi) is 4.20. The summed E-state index contributed by atoms with van der Waals surface area (Å²) in [6.45, 7) is 0. The maximum atomic E-state index is 11.5. The molecular weight excluding hydrogens is 242 g/mol. The number of ether oxygens (including phenoxy) is 1. The van der Waals surface area contributed by atoms with E-state index in [9.17, 15) is 9.90 Å². The Labute approximate surface area is 112 Å². The van der Waals surface area contributed by atoms with E-state index in [1.165, 1.54) is 7.11 Å².